The monoisotopic (exact) mass is 244 g/mol. The van der Waals surface area contributed by atoms with E-state index in [0.29, 0.717) is 26.3 Å². The van der Waals surface area contributed by atoms with E-state index >= 15 is 0 Å². The second-order valence-electron chi connectivity index (χ2n) is 4.17. The van der Waals surface area contributed by atoms with Crippen LogP contribution >= 0.6 is 0 Å². The number of hydrogen-bond donors (Lipinski definition) is 2. The normalized spacial score (nSPS) is 23.1. The van der Waals surface area contributed by atoms with Gasteiger partial charge >= 0.3 is 5.97 Å². The van der Waals surface area contributed by atoms with Crippen molar-refractivity contribution in [3.05, 3.63) is 0 Å². The molecular weight excluding hydrogens is 224 g/mol. The fraction of sp³-hybridized carbons (Fsp3) is 0.818. The average Bonchev–Trinajstić information content (AvgIpc) is 2.28. The summed E-state index contributed by atoms with van der Waals surface area (Å²) in [5.41, 5.74) is 0. The van der Waals surface area contributed by atoms with Crippen LogP contribution in [0.1, 0.15) is 20.3 Å². The van der Waals surface area contributed by atoms with Crippen molar-refractivity contribution in [2.24, 2.45) is 0 Å². The van der Waals surface area contributed by atoms with Crippen LogP contribution in [0.2, 0.25) is 0 Å². The Morgan fingerprint density at radius 1 is 1.59 bits per heavy atom. The third-order valence-electron chi connectivity index (χ3n) is 2.86. The molecule has 0 aromatic carbocycles. The van der Waals surface area contributed by atoms with Crippen LogP contribution in [-0.4, -0.2) is 60.3 Å². The molecule has 1 aliphatic rings. The molecule has 2 N–H and O–H groups in total. The number of carboxylic acid groups (broad SMARTS) is 1. The zero-order valence-electron chi connectivity index (χ0n) is 10.3. The average molecular weight is 244 g/mol. The molecule has 98 valence electrons. The van der Waals surface area contributed by atoms with Gasteiger partial charge in [0.05, 0.1) is 19.6 Å². The number of likely N-dealkylation sites (N-methyl/N-ethyl adjacent to an activating group) is 1. The van der Waals surface area contributed by atoms with Crippen molar-refractivity contribution < 1.29 is 19.4 Å². The number of amides is 1. The topological polar surface area (TPSA) is 78.9 Å². The Morgan fingerprint density at radius 3 is 2.88 bits per heavy atom. The van der Waals surface area contributed by atoms with Gasteiger partial charge in [-0.1, -0.05) is 0 Å². The smallest absolute Gasteiger partial charge is 0.304 e. The number of ether oxygens (including phenoxy) is 1. The number of nitrogens with zero attached hydrogens (tertiary/aromatic N) is 1. The zero-order chi connectivity index (χ0) is 12.8. The molecule has 2 atom stereocenters. The van der Waals surface area contributed by atoms with Gasteiger partial charge in [0.1, 0.15) is 6.04 Å². The summed E-state index contributed by atoms with van der Waals surface area (Å²) in [6.07, 6.45) is 0.0376. The van der Waals surface area contributed by atoms with E-state index in [1.807, 2.05) is 18.7 Å². The number of aliphatic carboxylic acids is 1. The number of carboxylic acids is 1. The lowest BCUT2D eigenvalue weighted by Crippen LogP contribution is -2.56. The highest BCUT2D eigenvalue weighted by Gasteiger charge is 2.32. The second-order valence-corrected chi connectivity index (χ2v) is 4.17. The molecule has 17 heavy (non-hydrogen) atoms. The summed E-state index contributed by atoms with van der Waals surface area (Å²) in [5, 5.41) is 11.5. The molecule has 1 amide bonds. The molecule has 1 saturated heterocycles. The molecule has 0 aliphatic carbocycles. The van der Waals surface area contributed by atoms with E-state index in [9.17, 15) is 9.59 Å². The van der Waals surface area contributed by atoms with E-state index in [2.05, 4.69) is 5.32 Å². The first-order valence-electron chi connectivity index (χ1n) is 5.89. The molecule has 1 fully saturated rings. The summed E-state index contributed by atoms with van der Waals surface area (Å²) >= 11 is 0. The first-order valence-corrected chi connectivity index (χ1v) is 5.89. The van der Waals surface area contributed by atoms with Gasteiger partial charge in [0.2, 0.25) is 5.91 Å². The molecular formula is C11H20N2O4. The lowest BCUT2D eigenvalue weighted by atomic mass is 10.1. The van der Waals surface area contributed by atoms with Crippen LogP contribution in [0, 0.1) is 0 Å². The van der Waals surface area contributed by atoms with Gasteiger partial charge in [0.25, 0.3) is 0 Å². The number of morpholine rings is 1. The Labute approximate surface area is 101 Å². The van der Waals surface area contributed by atoms with E-state index in [4.69, 9.17) is 9.84 Å². The minimum Gasteiger partial charge on any atom is -0.481 e. The van der Waals surface area contributed by atoms with Gasteiger partial charge < -0.3 is 15.2 Å². The van der Waals surface area contributed by atoms with Crippen molar-refractivity contribution in [1.82, 2.24) is 10.2 Å². The molecule has 1 heterocycles. The van der Waals surface area contributed by atoms with Crippen LogP contribution in [0.3, 0.4) is 0 Å². The van der Waals surface area contributed by atoms with E-state index < -0.39 is 5.97 Å². The maximum absolute atomic E-state index is 11.8. The maximum atomic E-state index is 11.8. The highest BCUT2D eigenvalue weighted by Crippen LogP contribution is 2.13. The van der Waals surface area contributed by atoms with Gasteiger partial charge in [-0.15, -0.1) is 0 Å². The van der Waals surface area contributed by atoms with Gasteiger partial charge in [-0.3, -0.25) is 14.5 Å². The van der Waals surface area contributed by atoms with Crippen molar-refractivity contribution >= 4 is 11.9 Å². The fourth-order valence-electron chi connectivity index (χ4n) is 2.03. The molecule has 2 unspecified atom stereocenters. The third-order valence-corrected chi connectivity index (χ3v) is 2.86. The minimum absolute atomic E-state index is 0.0376. The molecule has 0 aromatic heterocycles. The lowest BCUT2D eigenvalue weighted by molar-refractivity contribution is -0.142. The van der Waals surface area contributed by atoms with Gasteiger partial charge in [-0.05, 0) is 13.8 Å². The van der Waals surface area contributed by atoms with Crippen LogP contribution in [0.5, 0.6) is 0 Å². The van der Waals surface area contributed by atoms with Crippen LogP contribution in [0.4, 0.5) is 0 Å². The Bertz CT molecular complexity index is 283. The SMILES string of the molecule is CCNC(=O)C1COCCN1C(C)CC(=O)O. The number of carbonyl (C=O) groups excluding carboxylic acids is 1. The Hall–Kier alpha value is -1.14. The van der Waals surface area contributed by atoms with Crippen molar-refractivity contribution in [2.45, 2.75) is 32.4 Å². The molecule has 0 spiro atoms. The van der Waals surface area contributed by atoms with Crippen molar-refractivity contribution in [3.8, 4) is 0 Å². The summed E-state index contributed by atoms with van der Waals surface area (Å²) in [4.78, 5) is 24.4. The summed E-state index contributed by atoms with van der Waals surface area (Å²) in [6, 6.07) is -0.540. The second kappa shape index (κ2) is 6.56. The first kappa shape index (κ1) is 13.9. The standard InChI is InChI=1S/C11H20N2O4/c1-3-12-11(16)9-7-17-5-4-13(9)8(2)6-10(14)15/h8-9H,3-7H2,1-2H3,(H,12,16)(H,14,15). The van der Waals surface area contributed by atoms with Gasteiger partial charge in [0, 0.05) is 19.1 Å². The van der Waals surface area contributed by atoms with E-state index in [1.165, 1.54) is 0 Å². The van der Waals surface area contributed by atoms with Crippen molar-refractivity contribution in [3.63, 3.8) is 0 Å². The largest absolute Gasteiger partial charge is 0.481 e. The highest BCUT2D eigenvalue weighted by atomic mass is 16.5. The first-order chi connectivity index (χ1) is 8.06. The molecule has 6 nitrogen and oxygen atoms in total. The van der Waals surface area contributed by atoms with Crippen LogP contribution in [0.25, 0.3) is 0 Å². The zero-order valence-corrected chi connectivity index (χ0v) is 10.3. The predicted octanol–water partition coefficient (Wildman–Crippen LogP) is -0.313. The van der Waals surface area contributed by atoms with Crippen LogP contribution in [-0.2, 0) is 14.3 Å². The Kier molecular flexibility index (Phi) is 5.37. The Balaban J connectivity index is 2.64. The maximum Gasteiger partial charge on any atom is 0.304 e. The van der Waals surface area contributed by atoms with E-state index in [0.717, 1.165) is 0 Å². The predicted molar refractivity (Wildman–Crippen MR) is 61.7 cm³/mol. The number of nitrogens with one attached hydrogen (secondary N) is 1. The summed E-state index contributed by atoms with van der Waals surface area (Å²) in [6.45, 7) is 5.71. The molecule has 0 aromatic rings. The fourth-order valence-corrected chi connectivity index (χ4v) is 2.03. The molecule has 1 aliphatic heterocycles. The van der Waals surface area contributed by atoms with E-state index in [1.54, 1.807) is 0 Å². The highest BCUT2D eigenvalue weighted by molar-refractivity contribution is 5.82. The summed E-state index contributed by atoms with van der Waals surface area (Å²) in [7, 11) is 0. The van der Waals surface area contributed by atoms with Gasteiger partial charge in [0.15, 0.2) is 0 Å². The number of hydrogen-bond acceptors (Lipinski definition) is 4. The quantitative estimate of drug-likeness (QED) is 0.693. The molecule has 0 bridgehead atoms. The van der Waals surface area contributed by atoms with Crippen molar-refractivity contribution in [2.75, 3.05) is 26.3 Å². The number of carbonyl (C=O) groups is 2. The van der Waals surface area contributed by atoms with Crippen LogP contribution < -0.4 is 5.32 Å². The lowest BCUT2D eigenvalue weighted by Gasteiger charge is -2.38. The molecule has 0 saturated carbocycles. The number of rotatable bonds is 5. The molecule has 0 radical (unpaired) electrons. The summed E-state index contributed by atoms with van der Waals surface area (Å²) in [5.74, 6) is -0.942. The minimum atomic E-state index is -0.848. The van der Waals surface area contributed by atoms with Gasteiger partial charge in [-0.2, -0.15) is 0 Å². The Morgan fingerprint density at radius 2 is 2.29 bits per heavy atom. The third kappa shape index (κ3) is 3.98. The van der Waals surface area contributed by atoms with Gasteiger partial charge in [-0.25, -0.2) is 0 Å². The van der Waals surface area contributed by atoms with Crippen LogP contribution in [0.15, 0.2) is 0 Å². The molecule has 6 heteroatoms. The molecule has 1 rings (SSSR count). The van der Waals surface area contributed by atoms with E-state index in [-0.39, 0.29) is 24.4 Å². The summed E-state index contributed by atoms with van der Waals surface area (Å²) < 4.78 is 5.29. The van der Waals surface area contributed by atoms with Crippen molar-refractivity contribution in [1.29, 1.82) is 0 Å².